The van der Waals surface area contributed by atoms with E-state index < -0.39 is 0 Å². The van der Waals surface area contributed by atoms with Crippen LogP contribution in [0.1, 0.15) is 45.4 Å². The molecule has 3 nitrogen and oxygen atoms in total. The van der Waals surface area contributed by atoms with Gasteiger partial charge in [0.25, 0.3) is 0 Å². The van der Waals surface area contributed by atoms with E-state index >= 15 is 0 Å². The van der Waals surface area contributed by atoms with E-state index in [4.69, 9.17) is 4.42 Å². The van der Waals surface area contributed by atoms with Crippen LogP contribution in [0, 0.1) is 0 Å². The minimum absolute atomic E-state index is 0.356. The van der Waals surface area contributed by atoms with Gasteiger partial charge in [0, 0.05) is 6.04 Å². The fourth-order valence-corrected chi connectivity index (χ4v) is 1.80. The maximum absolute atomic E-state index is 5.43. The predicted molar refractivity (Wildman–Crippen MR) is 72.1 cm³/mol. The second kappa shape index (κ2) is 7.51. The van der Waals surface area contributed by atoms with Crippen molar-refractivity contribution in [2.45, 2.75) is 45.7 Å². The quantitative estimate of drug-likeness (QED) is 0.706. The van der Waals surface area contributed by atoms with Gasteiger partial charge in [-0.2, -0.15) is 0 Å². The molecule has 0 aliphatic rings. The summed E-state index contributed by atoms with van der Waals surface area (Å²) >= 11 is 0. The molecule has 1 unspecified atom stereocenters. The molecule has 0 aromatic carbocycles. The molecule has 17 heavy (non-hydrogen) atoms. The third kappa shape index (κ3) is 4.92. The molecule has 0 fully saturated rings. The smallest absolute Gasteiger partial charge is 0.120 e. The van der Waals surface area contributed by atoms with Crippen molar-refractivity contribution in [3.8, 4) is 0 Å². The fraction of sp³-hybridized carbons (Fsp3) is 0.714. The average molecular weight is 238 g/mol. The summed E-state index contributed by atoms with van der Waals surface area (Å²) in [4.78, 5) is 2.37. The van der Waals surface area contributed by atoms with E-state index in [1.807, 2.05) is 12.1 Å². The number of hydrogen-bond acceptors (Lipinski definition) is 3. The van der Waals surface area contributed by atoms with Gasteiger partial charge in [0.05, 0.1) is 12.3 Å². The number of furan rings is 1. The van der Waals surface area contributed by atoms with Crippen molar-refractivity contribution in [2.24, 2.45) is 0 Å². The molecule has 0 spiro atoms. The van der Waals surface area contributed by atoms with Crippen LogP contribution in [0.4, 0.5) is 0 Å². The summed E-state index contributed by atoms with van der Waals surface area (Å²) < 4.78 is 5.43. The van der Waals surface area contributed by atoms with Gasteiger partial charge < -0.3 is 14.6 Å². The van der Waals surface area contributed by atoms with Gasteiger partial charge in [-0.15, -0.1) is 0 Å². The molecular formula is C14H26N2O. The van der Waals surface area contributed by atoms with Crippen LogP contribution in [0.25, 0.3) is 0 Å². The predicted octanol–water partition coefficient (Wildman–Crippen LogP) is 3.05. The standard InChI is InChI=1S/C14H26N2O/c1-5-13(14-8-6-11-17-14)15-9-7-10-16(4)12(2)3/h6,8,11-13,15H,5,7,9-10H2,1-4H3. The maximum Gasteiger partial charge on any atom is 0.120 e. The van der Waals surface area contributed by atoms with Crippen LogP contribution in [0.3, 0.4) is 0 Å². The Morgan fingerprint density at radius 3 is 2.71 bits per heavy atom. The van der Waals surface area contributed by atoms with Crippen molar-refractivity contribution in [3.05, 3.63) is 24.2 Å². The molecule has 1 N–H and O–H groups in total. The molecule has 0 amide bonds. The Kier molecular flexibility index (Phi) is 6.30. The largest absolute Gasteiger partial charge is 0.468 e. The molecule has 1 rings (SSSR count). The molecule has 3 heteroatoms. The van der Waals surface area contributed by atoms with Crippen LogP contribution in [0.5, 0.6) is 0 Å². The van der Waals surface area contributed by atoms with Crippen molar-refractivity contribution in [2.75, 3.05) is 20.1 Å². The second-order valence-electron chi connectivity index (χ2n) is 4.86. The van der Waals surface area contributed by atoms with Gasteiger partial charge in [0.1, 0.15) is 5.76 Å². The number of nitrogens with one attached hydrogen (secondary N) is 1. The molecule has 0 aliphatic carbocycles. The van der Waals surface area contributed by atoms with E-state index in [1.54, 1.807) is 6.26 Å². The minimum atomic E-state index is 0.356. The van der Waals surface area contributed by atoms with Gasteiger partial charge >= 0.3 is 0 Å². The van der Waals surface area contributed by atoms with Crippen LogP contribution >= 0.6 is 0 Å². The number of rotatable bonds is 8. The van der Waals surface area contributed by atoms with E-state index in [0.717, 1.165) is 25.3 Å². The first-order valence-electron chi connectivity index (χ1n) is 6.62. The molecule has 1 atom stereocenters. The third-order valence-corrected chi connectivity index (χ3v) is 3.25. The number of hydrogen-bond donors (Lipinski definition) is 1. The normalized spacial score (nSPS) is 13.5. The first-order chi connectivity index (χ1) is 8.15. The summed E-state index contributed by atoms with van der Waals surface area (Å²) in [7, 11) is 2.18. The Hall–Kier alpha value is -0.800. The zero-order valence-corrected chi connectivity index (χ0v) is 11.6. The molecule has 0 saturated carbocycles. The van der Waals surface area contributed by atoms with E-state index in [-0.39, 0.29) is 0 Å². The van der Waals surface area contributed by atoms with Gasteiger partial charge in [-0.3, -0.25) is 0 Å². The molecule has 0 radical (unpaired) electrons. The Bertz CT molecular complexity index is 282. The lowest BCUT2D eigenvalue weighted by Gasteiger charge is -2.21. The topological polar surface area (TPSA) is 28.4 Å². The lowest BCUT2D eigenvalue weighted by molar-refractivity contribution is 0.266. The van der Waals surface area contributed by atoms with Crippen molar-refractivity contribution in [3.63, 3.8) is 0 Å². The summed E-state index contributed by atoms with van der Waals surface area (Å²) in [6.07, 6.45) is 3.98. The summed E-state index contributed by atoms with van der Waals surface area (Å²) in [5, 5.41) is 3.55. The Balaban J connectivity index is 2.21. The highest BCUT2D eigenvalue weighted by molar-refractivity contribution is 5.03. The maximum atomic E-state index is 5.43. The lowest BCUT2D eigenvalue weighted by Crippen LogP contribution is -2.30. The van der Waals surface area contributed by atoms with Gasteiger partial charge in [-0.05, 0) is 59.0 Å². The Labute approximate surface area is 105 Å². The lowest BCUT2D eigenvalue weighted by atomic mass is 10.1. The molecule has 0 saturated heterocycles. The Morgan fingerprint density at radius 1 is 1.41 bits per heavy atom. The molecule has 1 aromatic rings. The monoisotopic (exact) mass is 238 g/mol. The van der Waals surface area contributed by atoms with E-state index in [2.05, 4.69) is 38.0 Å². The van der Waals surface area contributed by atoms with Gasteiger partial charge in [0.15, 0.2) is 0 Å². The summed E-state index contributed by atoms with van der Waals surface area (Å²) in [5.41, 5.74) is 0. The highest BCUT2D eigenvalue weighted by Crippen LogP contribution is 2.16. The van der Waals surface area contributed by atoms with Gasteiger partial charge in [-0.25, -0.2) is 0 Å². The first kappa shape index (κ1) is 14.3. The summed E-state index contributed by atoms with van der Waals surface area (Å²) in [6, 6.07) is 4.98. The van der Waals surface area contributed by atoms with E-state index in [9.17, 15) is 0 Å². The molecular weight excluding hydrogens is 212 g/mol. The van der Waals surface area contributed by atoms with Gasteiger partial charge in [0.2, 0.25) is 0 Å². The third-order valence-electron chi connectivity index (χ3n) is 3.25. The Morgan fingerprint density at radius 2 is 2.18 bits per heavy atom. The SMILES string of the molecule is CCC(NCCCN(C)C(C)C)c1ccco1. The van der Waals surface area contributed by atoms with Crippen LogP contribution in [-0.2, 0) is 0 Å². The molecule has 98 valence electrons. The molecule has 0 aliphatic heterocycles. The van der Waals surface area contributed by atoms with Crippen LogP contribution in [-0.4, -0.2) is 31.1 Å². The molecule has 0 bridgehead atoms. The molecule has 1 heterocycles. The van der Waals surface area contributed by atoms with Crippen molar-refractivity contribution in [1.82, 2.24) is 10.2 Å². The van der Waals surface area contributed by atoms with E-state index in [1.165, 1.54) is 6.42 Å². The van der Waals surface area contributed by atoms with Gasteiger partial charge in [-0.1, -0.05) is 6.92 Å². The first-order valence-corrected chi connectivity index (χ1v) is 6.62. The highest BCUT2D eigenvalue weighted by atomic mass is 16.3. The van der Waals surface area contributed by atoms with E-state index in [0.29, 0.717) is 12.1 Å². The summed E-state index contributed by atoms with van der Waals surface area (Å²) in [5.74, 6) is 1.05. The zero-order chi connectivity index (χ0) is 12.7. The second-order valence-corrected chi connectivity index (χ2v) is 4.86. The zero-order valence-electron chi connectivity index (χ0n) is 11.6. The fourth-order valence-electron chi connectivity index (χ4n) is 1.80. The van der Waals surface area contributed by atoms with Crippen LogP contribution in [0.15, 0.2) is 22.8 Å². The van der Waals surface area contributed by atoms with Crippen molar-refractivity contribution in [1.29, 1.82) is 0 Å². The average Bonchev–Trinajstić information content (AvgIpc) is 2.82. The van der Waals surface area contributed by atoms with Crippen LogP contribution in [0.2, 0.25) is 0 Å². The summed E-state index contributed by atoms with van der Waals surface area (Å²) in [6.45, 7) is 8.81. The highest BCUT2D eigenvalue weighted by Gasteiger charge is 2.10. The minimum Gasteiger partial charge on any atom is -0.468 e. The number of nitrogens with zero attached hydrogens (tertiary/aromatic N) is 1. The van der Waals surface area contributed by atoms with Crippen molar-refractivity contribution >= 4 is 0 Å². The molecule has 1 aromatic heterocycles. The van der Waals surface area contributed by atoms with Crippen molar-refractivity contribution < 1.29 is 4.42 Å². The van der Waals surface area contributed by atoms with Crippen LogP contribution < -0.4 is 5.32 Å².